The number of halogens is 1. The second-order valence-corrected chi connectivity index (χ2v) is 7.23. The van der Waals surface area contributed by atoms with E-state index >= 15 is 0 Å². The maximum Gasteiger partial charge on any atom is 0.249 e. The summed E-state index contributed by atoms with van der Waals surface area (Å²) in [4.78, 5) is 11.8. The van der Waals surface area contributed by atoms with Gasteiger partial charge >= 0.3 is 0 Å². The van der Waals surface area contributed by atoms with E-state index in [0.29, 0.717) is 11.4 Å². The number of amides is 1. The molecule has 2 aromatic rings. The van der Waals surface area contributed by atoms with Crippen LogP contribution in [0.25, 0.3) is 6.08 Å². The molecule has 1 aromatic heterocycles. The van der Waals surface area contributed by atoms with Crippen LogP contribution in [0.1, 0.15) is 5.56 Å². The number of nitrogens with one attached hydrogen (secondary N) is 1. The summed E-state index contributed by atoms with van der Waals surface area (Å²) in [5.41, 5.74) is 0.568. The van der Waals surface area contributed by atoms with Crippen molar-refractivity contribution in [1.82, 2.24) is 9.78 Å². The molecule has 0 bridgehead atoms. The summed E-state index contributed by atoms with van der Waals surface area (Å²) in [5, 5.41) is 6.59. The number of carbonyl (C=O) groups excluding carboxylic acids is 1. The highest BCUT2D eigenvalue weighted by Crippen LogP contribution is 2.07. The molecule has 0 radical (unpaired) electrons. The van der Waals surface area contributed by atoms with Gasteiger partial charge in [-0.15, -0.1) is 0 Å². The highest BCUT2D eigenvalue weighted by atomic mass is 32.2. The van der Waals surface area contributed by atoms with Gasteiger partial charge in [0.2, 0.25) is 5.91 Å². The summed E-state index contributed by atoms with van der Waals surface area (Å²) < 4.78 is 36.6. The quantitative estimate of drug-likeness (QED) is 0.814. The lowest BCUT2D eigenvalue weighted by Crippen LogP contribution is -2.13. The van der Waals surface area contributed by atoms with E-state index in [4.69, 9.17) is 0 Å². The summed E-state index contributed by atoms with van der Waals surface area (Å²) in [6.45, 7) is 0.216. The Labute approximate surface area is 133 Å². The Kier molecular flexibility index (Phi) is 5.28. The third-order valence-corrected chi connectivity index (χ3v) is 3.78. The minimum Gasteiger partial charge on any atom is -0.306 e. The van der Waals surface area contributed by atoms with Crippen LogP contribution in [0.4, 0.5) is 10.2 Å². The molecule has 1 amide bonds. The number of hydrogen-bond acceptors (Lipinski definition) is 4. The number of hydrogen-bond donors (Lipinski definition) is 1. The fourth-order valence-electron chi connectivity index (χ4n) is 1.76. The number of aryl methyl sites for hydroxylation is 1. The average molecular weight is 337 g/mol. The zero-order valence-electron chi connectivity index (χ0n) is 12.4. The van der Waals surface area contributed by atoms with Gasteiger partial charge in [-0.3, -0.25) is 9.48 Å². The van der Waals surface area contributed by atoms with E-state index in [1.165, 1.54) is 29.0 Å². The molecule has 122 valence electrons. The first kappa shape index (κ1) is 16.9. The Morgan fingerprint density at radius 1 is 1.39 bits per heavy atom. The Morgan fingerprint density at radius 3 is 2.87 bits per heavy atom. The molecule has 1 heterocycles. The SMILES string of the molecule is CS(=O)(=O)CCn1ccc(NC(=O)C=Cc2cccc(F)c2)n1. The molecule has 0 aliphatic heterocycles. The van der Waals surface area contributed by atoms with Crippen LogP contribution in [0.5, 0.6) is 0 Å². The van der Waals surface area contributed by atoms with Crippen molar-refractivity contribution in [3.8, 4) is 0 Å². The third-order valence-electron chi connectivity index (χ3n) is 2.86. The Balaban J connectivity index is 1.92. The standard InChI is InChI=1S/C15H16FN3O3S/c1-23(21,22)10-9-19-8-7-14(18-19)17-15(20)6-5-12-3-2-4-13(16)11-12/h2-8,11H,9-10H2,1H3,(H,17,18,20). The number of aromatic nitrogens is 2. The largest absolute Gasteiger partial charge is 0.306 e. The van der Waals surface area contributed by atoms with Gasteiger partial charge in [-0.2, -0.15) is 5.10 Å². The third kappa shape index (κ3) is 6.03. The van der Waals surface area contributed by atoms with Gasteiger partial charge in [0, 0.05) is 24.6 Å². The molecule has 0 saturated carbocycles. The van der Waals surface area contributed by atoms with Crippen molar-refractivity contribution in [2.75, 3.05) is 17.3 Å². The van der Waals surface area contributed by atoms with E-state index in [0.717, 1.165) is 6.26 Å². The molecule has 0 aliphatic rings. The molecule has 8 heteroatoms. The monoisotopic (exact) mass is 337 g/mol. The summed E-state index contributed by atoms with van der Waals surface area (Å²) in [5.74, 6) is -0.506. The first-order chi connectivity index (χ1) is 10.8. The molecule has 0 saturated heterocycles. The van der Waals surface area contributed by atoms with Gasteiger partial charge < -0.3 is 5.32 Å². The molecule has 6 nitrogen and oxygen atoms in total. The molecule has 23 heavy (non-hydrogen) atoms. The fraction of sp³-hybridized carbons (Fsp3) is 0.200. The van der Waals surface area contributed by atoms with Crippen LogP contribution in [-0.4, -0.2) is 36.1 Å². The molecular weight excluding hydrogens is 321 g/mol. The number of carbonyl (C=O) groups is 1. The van der Waals surface area contributed by atoms with Crippen molar-refractivity contribution in [2.45, 2.75) is 6.54 Å². The van der Waals surface area contributed by atoms with Gasteiger partial charge in [-0.1, -0.05) is 12.1 Å². The molecule has 0 atom stereocenters. The highest BCUT2D eigenvalue weighted by Gasteiger charge is 2.05. The maximum absolute atomic E-state index is 13.0. The number of nitrogens with zero attached hydrogens (tertiary/aromatic N) is 2. The Morgan fingerprint density at radius 2 is 2.17 bits per heavy atom. The zero-order valence-corrected chi connectivity index (χ0v) is 13.3. The van der Waals surface area contributed by atoms with Gasteiger partial charge in [-0.05, 0) is 23.8 Å². The Hall–Kier alpha value is -2.48. The van der Waals surface area contributed by atoms with E-state index in [-0.39, 0.29) is 18.1 Å². The minimum atomic E-state index is -3.07. The summed E-state index contributed by atoms with van der Waals surface area (Å²) in [7, 11) is -3.07. The molecule has 0 unspecified atom stereocenters. The molecule has 0 fully saturated rings. The summed E-state index contributed by atoms with van der Waals surface area (Å²) in [6, 6.07) is 7.42. The average Bonchev–Trinajstić information content (AvgIpc) is 2.90. The van der Waals surface area contributed by atoms with E-state index in [9.17, 15) is 17.6 Å². The van der Waals surface area contributed by atoms with Gasteiger partial charge in [0.1, 0.15) is 15.7 Å². The number of sulfone groups is 1. The van der Waals surface area contributed by atoms with Crippen molar-refractivity contribution in [1.29, 1.82) is 0 Å². The molecular formula is C15H16FN3O3S. The van der Waals surface area contributed by atoms with E-state index in [1.807, 2.05) is 0 Å². The number of benzene rings is 1. The number of rotatable bonds is 6. The van der Waals surface area contributed by atoms with Crippen molar-refractivity contribution in [3.05, 3.63) is 54.0 Å². The normalized spacial score (nSPS) is 11.7. The van der Waals surface area contributed by atoms with Gasteiger partial charge in [0.15, 0.2) is 5.82 Å². The zero-order chi connectivity index (χ0) is 16.9. The van der Waals surface area contributed by atoms with Crippen LogP contribution in [0, 0.1) is 5.82 Å². The lowest BCUT2D eigenvalue weighted by molar-refractivity contribution is -0.111. The molecule has 0 spiro atoms. The lowest BCUT2D eigenvalue weighted by Gasteiger charge is -2.00. The Bertz CT molecular complexity index is 828. The molecule has 1 aromatic carbocycles. The van der Waals surface area contributed by atoms with Crippen molar-refractivity contribution in [3.63, 3.8) is 0 Å². The van der Waals surface area contributed by atoms with Gasteiger partial charge in [0.25, 0.3) is 0 Å². The van der Waals surface area contributed by atoms with E-state index < -0.39 is 15.7 Å². The van der Waals surface area contributed by atoms with Crippen LogP contribution in [0.2, 0.25) is 0 Å². The van der Waals surface area contributed by atoms with Crippen LogP contribution >= 0.6 is 0 Å². The van der Waals surface area contributed by atoms with Crippen LogP contribution in [-0.2, 0) is 21.2 Å². The predicted molar refractivity (Wildman–Crippen MR) is 86.0 cm³/mol. The van der Waals surface area contributed by atoms with Crippen LogP contribution < -0.4 is 5.32 Å². The fourth-order valence-corrected chi connectivity index (χ4v) is 2.28. The van der Waals surface area contributed by atoms with Crippen LogP contribution in [0.15, 0.2) is 42.6 Å². The van der Waals surface area contributed by atoms with Gasteiger partial charge in [0.05, 0.1) is 12.3 Å². The van der Waals surface area contributed by atoms with Crippen molar-refractivity contribution in [2.24, 2.45) is 0 Å². The highest BCUT2D eigenvalue weighted by molar-refractivity contribution is 7.90. The predicted octanol–water partition coefficient (Wildman–Crippen LogP) is 1.72. The first-order valence-electron chi connectivity index (χ1n) is 6.78. The molecule has 0 aliphatic carbocycles. The van der Waals surface area contributed by atoms with Crippen molar-refractivity contribution >= 4 is 27.6 Å². The minimum absolute atomic E-state index is 0.0262. The number of anilines is 1. The second-order valence-electron chi connectivity index (χ2n) is 4.97. The topological polar surface area (TPSA) is 81.1 Å². The lowest BCUT2D eigenvalue weighted by atomic mass is 10.2. The molecule has 2 rings (SSSR count). The van der Waals surface area contributed by atoms with E-state index in [1.54, 1.807) is 24.4 Å². The second kappa shape index (κ2) is 7.19. The van der Waals surface area contributed by atoms with E-state index in [2.05, 4.69) is 10.4 Å². The summed E-state index contributed by atoms with van der Waals surface area (Å²) in [6.07, 6.45) is 5.48. The first-order valence-corrected chi connectivity index (χ1v) is 8.84. The smallest absolute Gasteiger partial charge is 0.249 e. The van der Waals surface area contributed by atoms with Gasteiger partial charge in [-0.25, -0.2) is 12.8 Å². The van der Waals surface area contributed by atoms with Crippen LogP contribution in [0.3, 0.4) is 0 Å². The summed E-state index contributed by atoms with van der Waals surface area (Å²) >= 11 is 0. The van der Waals surface area contributed by atoms with Crippen molar-refractivity contribution < 1.29 is 17.6 Å². The molecule has 1 N–H and O–H groups in total. The maximum atomic E-state index is 13.0.